The Morgan fingerprint density at radius 3 is 2.52 bits per heavy atom. The van der Waals surface area contributed by atoms with Crippen LogP contribution in [-0.4, -0.2) is 83.3 Å². The lowest BCUT2D eigenvalue weighted by molar-refractivity contribution is -0.129. The first kappa shape index (κ1) is 33.1. The molecule has 244 valence electrons. The van der Waals surface area contributed by atoms with E-state index in [4.69, 9.17) is 10.1 Å². The van der Waals surface area contributed by atoms with Gasteiger partial charge in [-0.25, -0.2) is 14.6 Å². The SMILES string of the molecule is CSCC[C@@H]1NC(=O)CCCN(C(=O)c2cc(C)nc3c2c(C)nn3C)CCn2nc(-c3ccccc3)nc2[C@@H](C(C)C)NC1=O. The molecule has 0 aliphatic carbocycles. The number of rotatable bonds is 6. The third-order valence-electron chi connectivity index (χ3n) is 8.27. The standard InChI is InChI=1S/C33H43N9O3S/c1-20(2)28-31-37-29(23-11-8-7-9-12-23)39-42(31)17-16-41(15-10-13-26(43)35-25(14-18-46-6)32(44)36-28)33(45)24-19-21(3)34-30-27(24)22(4)38-40(30)5/h7-9,11-12,19-20,25,28H,10,13-18H2,1-6H3,(H,35,43)(H,36,44)/t25-,28+/m0/s1. The summed E-state index contributed by atoms with van der Waals surface area (Å²) in [6, 6.07) is 10.4. The van der Waals surface area contributed by atoms with Crippen molar-refractivity contribution in [1.82, 2.24) is 45.1 Å². The quantitative estimate of drug-likeness (QED) is 0.323. The van der Waals surface area contributed by atoms with E-state index >= 15 is 0 Å². The van der Waals surface area contributed by atoms with Gasteiger partial charge in [0.2, 0.25) is 11.8 Å². The summed E-state index contributed by atoms with van der Waals surface area (Å²) in [5, 5.41) is 16.3. The lowest BCUT2D eigenvalue weighted by atomic mass is 10.0. The molecule has 3 aromatic heterocycles. The number of hydrogen-bond donors (Lipinski definition) is 2. The summed E-state index contributed by atoms with van der Waals surface area (Å²) in [6.45, 7) is 8.81. The third-order valence-corrected chi connectivity index (χ3v) is 8.91. The summed E-state index contributed by atoms with van der Waals surface area (Å²) in [5.41, 5.74) is 3.49. The van der Waals surface area contributed by atoms with Gasteiger partial charge in [0.25, 0.3) is 5.91 Å². The van der Waals surface area contributed by atoms with Crippen molar-refractivity contribution in [2.24, 2.45) is 13.0 Å². The Bertz CT molecular complexity index is 1720. The number of thioether (sulfide) groups is 1. The number of aryl methyl sites for hydroxylation is 3. The van der Waals surface area contributed by atoms with E-state index in [2.05, 4.69) is 20.7 Å². The minimum atomic E-state index is -0.687. The van der Waals surface area contributed by atoms with Crippen molar-refractivity contribution in [3.63, 3.8) is 0 Å². The first-order valence-electron chi connectivity index (χ1n) is 15.8. The van der Waals surface area contributed by atoms with E-state index in [9.17, 15) is 14.4 Å². The molecule has 0 spiro atoms. The van der Waals surface area contributed by atoms with Crippen molar-refractivity contribution in [2.75, 3.05) is 25.1 Å². The largest absolute Gasteiger partial charge is 0.344 e. The van der Waals surface area contributed by atoms with Gasteiger partial charge in [0.1, 0.15) is 6.04 Å². The van der Waals surface area contributed by atoms with E-state index in [1.807, 2.05) is 82.1 Å². The van der Waals surface area contributed by atoms with Crippen LogP contribution < -0.4 is 10.6 Å². The van der Waals surface area contributed by atoms with Crippen LogP contribution in [0.2, 0.25) is 0 Å². The Morgan fingerprint density at radius 2 is 1.80 bits per heavy atom. The Morgan fingerprint density at radius 1 is 1.04 bits per heavy atom. The molecule has 1 aliphatic rings. The summed E-state index contributed by atoms with van der Waals surface area (Å²) < 4.78 is 3.51. The van der Waals surface area contributed by atoms with Gasteiger partial charge >= 0.3 is 0 Å². The summed E-state index contributed by atoms with van der Waals surface area (Å²) in [6.07, 6.45) is 3.09. The molecule has 0 fully saturated rings. The van der Waals surface area contributed by atoms with Crippen molar-refractivity contribution in [3.05, 3.63) is 59.2 Å². The van der Waals surface area contributed by atoms with Crippen molar-refractivity contribution < 1.29 is 14.4 Å². The van der Waals surface area contributed by atoms with Crippen molar-refractivity contribution in [2.45, 2.75) is 65.6 Å². The van der Waals surface area contributed by atoms with Gasteiger partial charge in [0.05, 0.1) is 29.2 Å². The molecule has 46 heavy (non-hydrogen) atoms. The van der Waals surface area contributed by atoms with Gasteiger partial charge in [-0.3, -0.25) is 19.1 Å². The number of amides is 3. The average molecular weight is 646 g/mol. The number of pyridine rings is 1. The molecule has 0 saturated heterocycles. The van der Waals surface area contributed by atoms with E-state index in [1.165, 1.54) is 0 Å². The van der Waals surface area contributed by atoms with Gasteiger partial charge in [-0.15, -0.1) is 0 Å². The summed E-state index contributed by atoms with van der Waals surface area (Å²) >= 11 is 1.62. The molecule has 13 heteroatoms. The van der Waals surface area contributed by atoms with Crippen LogP contribution >= 0.6 is 11.8 Å². The number of nitrogens with zero attached hydrogens (tertiary/aromatic N) is 7. The molecule has 2 atom stereocenters. The summed E-state index contributed by atoms with van der Waals surface area (Å²) in [4.78, 5) is 52.4. The zero-order valence-electron chi connectivity index (χ0n) is 27.4. The topological polar surface area (TPSA) is 140 Å². The van der Waals surface area contributed by atoms with Crippen LogP contribution in [0.25, 0.3) is 22.4 Å². The maximum atomic E-state index is 14.3. The van der Waals surface area contributed by atoms with Crippen molar-refractivity contribution in [3.8, 4) is 11.4 Å². The van der Waals surface area contributed by atoms with Crippen LogP contribution in [-0.2, 0) is 23.2 Å². The molecule has 3 amide bonds. The second-order valence-electron chi connectivity index (χ2n) is 12.1. The highest BCUT2D eigenvalue weighted by Gasteiger charge is 2.31. The fraction of sp³-hybridized carbons (Fsp3) is 0.485. The number of nitrogens with one attached hydrogen (secondary N) is 2. The van der Waals surface area contributed by atoms with Gasteiger partial charge in [-0.2, -0.15) is 22.0 Å². The molecule has 0 unspecified atom stereocenters. The zero-order valence-corrected chi connectivity index (χ0v) is 28.2. The Balaban J connectivity index is 1.57. The Hall–Kier alpha value is -4.26. The number of benzene rings is 1. The predicted octanol–water partition coefficient (Wildman–Crippen LogP) is 3.83. The van der Waals surface area contributed by atoms with Crippen LogP contribution in [0, 0.1) is 19.8 Å². The highest BCUT2D eigenvalue weighted by molar-refractivity contribution is 7.98. The van der Waals surface area contributed by atoms with Crippen LogP contribution in [0.15, 0.2) is 36.4 Å². The van der Waals surface area contributed by atoms with E-state index in [0.29, 0.717) is 55.3 Å². The highest BCUT2D eigenvalue weighted by atomic mass is 32.2. The molecule has 12 nitrogen and oxygen atoms in total. The normalized spacial score (nSPS) is 18.3. The minimum absolute atomic E-state index is 0.0281. The fourth-order valence-electron chi connectivity index (χ4n) is 5.88. The third kappa shape index (κ3) is 7.24. The summed E-state index contributed by atoms with van der Waals surface area (Å²) in [7, 11) is 1.82. The zero-order chi connectivity index (χ0) is 33.0. The van der Waals surface area contributed by atoms with E-state index < -0.39 is 12.1 Å². The van der Waals surface area contributed by atoms with Crippen molar-refractivity contribution >= 4 is 40.5 Å². The second kappa shape index (κ2) is 14.4. The van der Waals surface area contributed by atoms with Gasteiger partial charge in [0, 0.05) is 37.8 Å². The first-order valence-corrected chi connectivity index (χ1v) is 17.2. The molecule has 0 saturated carbocycles. The van der Waals surface area contributed by atoms with E-state index in [0.717, 1.165) is 28.1 Å². The molecule has 0 bridgehead atoms. The minimum Gasteiger partial charge on any atom is -0.344 e. The Kier molecular flexibility index (Phi) is 10.4. The van der Waals surface area contributed by atoms with Gasteiger partial charge in [-0.05, 0) is 50.7 Å². The fourth-order valence-corrected chi connectivity index (χ4v) is 6.35. The first-order chi connectivity index (χ1) is 22.1. The van der Waals surface area contributed by atoms with Crippen LogP contribution in [0.1, 0.15) is 66.7 Å². The van der Waals surface area contributed by atoms with Crippen LogP contribution in [0.3, 0.4) is 0 Å². The van der Waals surface area contributed by atoms with Crippen molar-refractivity contribution in [1.29, 1.82) is 0 Å². The molecular formula is C33H43N9O3S. The Labute approximate surface area is 273 Å². The molecular weight excluding hydrogens is 602 g/mol. The smallest absolute Gasteiger partial charge is 0.254 e. The van der Waals surface area contributed by atoms with Gasteiger partial charge in [-0.1, -0.05) is 44.2 Å². The van der Waals surface area contributed by atoms with E-state index in [-0.39, 0.29) is 30.1 Å². The monoisotopic (exact) mass is 645 g/mol. The molecule has 5 rings (SSSR count). The lowest BCUT2D eigenvalue weighted by Gasteiger charge is -2.28. The molecule has 0 radical (unpaired) electrons. The number of aromatic nitrogens is 6. The highest BCUT2D eigenvalue weighted by Crippen LogP contribution is 2.26. The number of carbonyl (C=O) groups excluding carboxylic acids is 3. The van der Waals surface area contributed by atoms with Crippen LogP contribution in [0.5, 0.6) is 0 Å². The molecule has 4 heterocycles. The maximum Gasteiger partial charge on any atom is 0.254 e. The van der Waals surface area contributed by atoms with Gasteiger partial charge in [0.15, 0.2) is 17.3 Å². The molecule has 4 aromatic rings. The second-order valence-corrected chi connectivity index (χ2v) is 13.1. The maximum absolute atomic E-state index is 14.3. The lowest BCUT2D eigenvalue weighted by Crippen LogP contribution is -2.49. The molecule has 1 aliphatic heterocycles. The number of carbonyl (C=O) groups is 3. The average Bonchev–Trinajstić information content (AvgIpc) is 3.58. The number of hydrogen-bond acceptors (Lipinski definition) is 8. The number of fused-ring (bicyclic) bond motifs is 2. The van der Waals surface area contributed by atoms with E-state index in [1.54, 1.807) is 21.3 Å². The predicted molar refractivity (Wildman–Crippen MR) is 179 cm³/mol. The van der Waals surface area contributed by atoms with Gasteiger partial charge < -0.3 is 15.5 Å². The summed E-state index contributed by atoms with van der Waals surface area (Å²) in [5.74, 6) is 1.22. The molecule has 2 N–H and O–H groups in total. The molecule has 1 aromatic carbocycles. The van der Waals surface area contributed by atoms with Crippen LogP contribution in [0.4, 0.5) is 0 Å².